The zero-order valence-electron chi connectivity index (χ0n) is 12.1. The Morgan fingerprint density at radius 3 is 2.85 bits per heavy atom. The number of rotatable bonds is 5. The summed E-state index contributed by atoms with van der Waals surface area (Å²) >= 11 is 0. The van der Waals surface area contributed by atoms with Crippen molar-refractivity contribution in [1.82, 2.24) is 5.32 Å². The van der Waals surface area contributed by atoms with Crippen LogP contribution in [0, 0.1) is 0 Å². The molecule has 2 rings (SSSR count). The molecule has 1 aromatic rings. The number of anilines is 1. The van der Waals surface area contributed by atoms with Crippen molar-refractivity contribution < 1.29 is 14.3 Å². The summed E-state index contributed by atoms with van der Waals surface area (Å²) in [4.78, 5) is 25.7. The molecule has 1 heterocycles. The van der Waals surface area contributed by atoms with Crippen LogP contribution in [0.25, 0.3) is 0 Å². The molecular formula is C15H20N2O3. The number of fused-ring (bicyclic) bond motifs is 1. The molecule has 5 nitrogen and oxygen atoms in total. The van der Waals surface area contributed by atoms with E-state index in [0.717, 1.165) is 0 Å². The Balaban J connectivity index is 2.33. The van der Waals surface area contributed by atoms with Gasteiger partial charge in [0.1, 0.15) is 5.75 Å². The molecule has 0 radical (unpaired) electrons. The van der Waals surface area contributed by atoms with Gasteiger partial charge in [-0.25, -0.2) is 0 Å². The maximum absolute atomic E-state index is 12.1. The number of hydrogen-bond acceptors (Lipinski definition) is 4. The summed E-state index contributed by atoms with van der Waals surface area (Å²) in [5.74, 6) is 0.639. The topological polar surface area (TPSA) is 58.6 Å². The van der Waals surface area contributed by atoms with Gasteiger partial charge in [-0.2, -0.15) is 0 Å². The van der Waals surface area contributed by atoms with Crippen molar-refractivity contribution in [2.24, 2.45) is 0 Å². The number of carbonyl (C=O) groups excluding carboxylic acids is 2. The summed E-state index contributed by atoms with van der Waals surface area (Å²) in [5, 5.41) is 2.95. The van der Waals surface area contributed by atoms with Gasteiger partial charge in [0.05, 0.1) is 5.69 Å². The van der Waals surface area contributed by atoms with Crippen molar-refractivity contribution in [3.05, 3.63) is 23.8 Å². The number of amides is 1. The number of hydrogen-bond donors (Lipinski definition) is 1. The zero-order valence-corrected chi connectivity index (χ0v) is 12.1. The van der Waals surface area contributed by atoms with Crippen LogP contribution < -0.4 is 15.0 Å². The van der Waals surface area contributed by atoms with Crippen LogP contribution in [0.1, 0.15) is 30.6 Å². The SMILES string of the molecule is CNCCC(=O)c1ccc2c(c1)N(C(C)C)C(=O)CO2. The number of carbonyl (C=O) groups is 2. The highest BCUT2D eigenvalue weighted by Gasteiger charge is 2.28. The predicted molar refractivity (Wildman–Crippen MR) is 77.4 cm³/mol. The zero-order chi connectivity index (χ0) is 14.7. The fourth-order valence-electron chi connectivity index (χ4n) is 2.29. The van der Waals surface area contributed by atoms with E-state index < -0.39 is 0 Å². The Morgan fingerprint density at radius 2 is 2.20 bits per heavy atom. The van der Waals surface area contributed by atoms with Gasteiger partial charge in [-0.1, -0.05) is 0 Å². The molecule has 5 heteroatoms. The predicted octanol–water partition coefficient (Wildman–Crippen LogP) is 1.61. The van der Waals surface area contributed by atoms with Gasteiger partial charge in [0.15, 0.2) is 12.4 Å². The van der Waals surface area contributed by atoms with E-state index in [1.54, 1.807) is 23.1 Å². The molecule has 0 saturated carbocycles. The monoisotopic (exact) mass is 276 g/mol. The minimum atomic E-state index is -0.0766. The van der Waals surface area contributed by atoms with E-state index in [1.807, 2.05) is 20.9 Å². The molecule has 0 spiro atoms. The molecule has 0 aliphatic carbocycles. The van der Waals surface area contributed by atoms with Gasteiger partial charge in [-0.05, 0) is 39.1 Å². The molecule has 0 bridgehead atoms. The van der Waals surface area contributed by atoms with Crippen LogP contribution in [0.4, 0.5) is 5.69 Å². The average Bonchev–Trinajstić information content (AvgIpc) is 2.43. The Hall–Kier alpha value is -1.88. The quantitative estimate of drug-likeness (QED) is 0.830. The Labute approximate surface area is 118 Å². The van der Waals surface area contributed by atoms with Gasteiger partial charge in [0.2, 0.25) is 0 Å². The Morgan fingerprint density at radius 1 is 1.45 bits per heavy atom. The van der Waals surface area contributed by atoms with Crippen molar-refractivity contribution >= 4 is 17.4 Å². The molecule has 0 fully saturated rings. The molecule has 0 atom stereocenters. The first-order valence-corrected chi connectivity index (χ1v) is 6.81. The first kappa shape index (κ1) is 14.5. The van der Waals surface area contributed by atoms with E-state index in [9.17, 15) is 9.59 Å². The first-order valence-electron chi connectivity index (χ1n) is 6.81. The van der Waals surface area contributed by atoms with Gasteiger partial charge in [-0.15, -0.1) is 0 Å². The lowest BCUT2D eigenvalue weighted by Crippen LogP contribution is -2.43. The third-order valence-corrected chi connectivity index (χ3v) is 3.28. The molecule has 20 heavy (non-hydrogen) atoms. The number of ether oxygens (including phenoxy) is 1. The normalized spacial score (nSPS) is 14.2. The highest BCUT2D eigenvalue weighted by atomic mass is 16.5. The fraction of sp³-hybridized carbons (Fsp3) is 0.467. The molecule has 1 N–H and O–H groups in total. The van der Waals surface area contributed by atoms with Crippen molar-refractivity contribution in [2.75, 3.05) is 25.1 Å². The minimum absolute atomic E-state index is 0.0350. The summed E-state index contributed by atoms with van der Waals surface area (Å²) in [6.45, 7) is 4.59. The maximum Gasteiger partial charge on any atom is 0.265 e. The van der Waals surface area contributed by atoms with Crippen LogP contribution in [0.5, 0.6) is 5.75 Å². The largest absolute Gasteiger partial charge is 0.482 e. The van der Waals surface area contributed by atoms with Gasteiger partial charge in [0.25, 0.3) is 5.91 Å². The van der Waals surface area contributed by atoms with E-state index in [4.69, 9.17) is 4.74 Å². The highest BCUT2D eigenvalue weighted by Crippen LogP contribution is 2.34. The number of nitrogens with zero attached hydrogens (tertiary/aromatic N) is 1. The van der Waals surface area contributed by atoms with Crippen LogP contribution in [0.15, 0.2) is 18.2 Å². The lowest BCUT2D eigenvalue weighted by molar-refractivity contribution is -0.121. The van der Waals surface area contributed by atoms with Gasteiger partial charge < -0.3 is 15.0 Å². The molecule has 108 valence electrons. The van der Waals surface area contributed by atoms with Crippen LogP contribution in [0.3, 0.4) is 0 Å². The van der Waals surface area contributed by atoms with E-state index >= 15 is 0 Å². The van der Waals surface area contributed by atoms with Gasteiger partial charge in [-0.3, -0.25) is 9.59 Å². The first-order chi connectivity index (χ1) is 9.54. The Bertz CT molecular complexity index is 526. The molecule has 0 saturated heterocycles. The van der Waals surface area contributed by atoms with Gasteiger partial charge in [0, 0.05) is 24.6 Å². The maximum atomic E-state index is 12.1. The fourth-order valence-corrected chi connectivity index (χ4v) is 2.29. The van der Waals surface area contributed by atoms with Crippen molar-refractivity contribution in [1.29, 1.82) is 0 Å². The summed E-state index contributed by atoms with van der Waals surface area (Å²) in [6, 6.07) is 5.31. The number of nitrogens with one attached hydrogen (secondary N) is 1. The second-order valence-electron chi connectivity index (χ2n) is 5.11. The van der Waals surface area contributed by atoms with Crippen LogP contribution >= 0.6 is 0 Å². The van der Waals surface area contributed by atoms with E-state index in [0.29, 0.717) is 30.0 Å². The smallest absolute Gasteiger partial charge is 0.265 e. The summed E-state index contributed by atoms with van der Waals surface area (Å²) in [6.07, 6.45) is 0.436. The van der Waals surface area contributed by atoms with Crippen LogP contribution in [-0.2, 0) is 4.79 Å². The standard InChI is InChI=1S/C15H20N2O3/c1-10(2)17-12-8-11(13(18)6-7-16-3)4-5-14(12)20-9-15(17)19/h4-5,8,10,16H,6-7,9H2,1-3H3. The summed E-state index contributed by atoms with van der Waals surface area (Å²) in [5.41, 5.74) is 1.30. The minimum Gasteiger partial charge on any atom is -0.482 e. The third-order valence-electron chi connectivity index (χ3n) is 3.28. The van der Waals surface area contributed by atoms with E-state index in [-0.39, 0.29) is 24.3 Å². The third kappa shape index (κ3) is 2.82. The number of Topliss-reactive ketones (excluding diaryl/α,β-unsaturated/α-hetero) is 1. The molecule has 0 aromatic heterocycles. The lowest BCUT2D eigenvalue weighted by atomic mass is 10.0. The van der Waals surface area contributed by atoms with Gasteiger partial charge >= 0.3 is 0 Å². The van der Waals surface area contributed by atoms with Crippen LogP contribution in [-0.4, -0.2) is 37.9 Å². The van der Waals surface area contributed by atoms with Crippen molar-refractivity contribution in [3.8, 4) is 5.75 Å². The van der Waals surface area contributed by atoms with Crippen LogP contribution in [0.2, 0.25) is 0 Å². The summed E-state index contributed by atoms with van der Waals surface area (Å²) < 4.78 is 5.42. The van der Waals surface area contributed by atoms with Crippen molar-refractivity contribution in [3.63, 3.8) is 0 Å². The summed E-state index contributed by atoms with van der Waals surface area (Å²) in [7, 11) is 1.81. The van der Waals surface area contributed by atoms with Crippen molar-refractivity contribution in [2.45, 2.75) is 26.3 Å². The second kappa shape index (κ2) is 6.05. The molecule has 1 aliphatic heterocycles. The number of benzene rings is 1. The molecule has 1 aliphatic rings. The van der Waals surface area contributed by atoms with E-state index in [2.05, 4.69) is 5.32 Å². The molecule has 1 amide bonds. The Kier molecular flexibility index (Phi) is 4.39. The molecular weight excluding hydrogens is 256 g/mol. The highest BCUT2D eigenvalue weighted by molar-refractivity contribution is 6.02. The second-order valence-corrected chi connectivity index (χ2v) is 5.11. The van der Waals surface area contributed by atoms with E-state index in [1.165, 1.54) is 0 Å². The molecule has 0 unspecified atom stereocenters. The lowest BCUT2D eigenvalue weighted by Gasteiger charge is -2.32. The number of ketones is 1. The average molecular weight is 276 g/mol. The molecule has 1 aromatic carbocycles.